The van der Waals surface area contributed by atoms with Crippen molar-refractivity contribution in [2.45, 2.75) is 24.5 Å². The van der Waals surface area contributed by atoms with Crippen molar-refractivity contribution in [3.63, 3.8) is 0 Å². The van der Waals surface area contributed by atoms with Crippen LogP contribution in [0.4, 0.5) is 0 Å². The summed E-state index contributed by atoms with van der Waals surface area (Å²) in [6.07, 6.45) is 0.265. The number of esters is 1. The highest BCUT2D eigenvalue weighted by Crippen LogP contribution is 2.36. The summed E-state index contributed by atoms with van der Waals surface area (Å²) in [6.45, 7) is 0. The Hall–Kier alpha value is -0.610. The monoisotopic (exact) mass is 160 g/mol. The average Bonchev–Trinajstić information content (AvgIpc) is 1.96. The molecule has 0 spiro atoms. The highest BCUT2D eigenvalue weighted by Gasteiger charge is 2.51. The van der Waals surface area contributed by atoms with Crippen LogP contribution in [0.3, 0.4) is 0 Å². The molecular weight excluding hydrogens is 148 g/mol. The molecule has 0 amide bonds. The van der Waals surface area contributed by atoms with Crippen molar-refractivity contribution in [3.8, 4) is 0 Å². The van der Waals surface area contributed by atoms with Crippen LogP contribution in [0.5, 0.6) is 0 Å². The van der Waals surface area contributed by atoms with Gasteiger partial charge in [-0.1, -0.05) is 0 Å². The van der Waals surface area contributed by atoms with Gasteiger partial charge < -0.3 is 14.6 Å². The van der Waals surface area contributed by atoms with E-state index in [-0.39, 0.29) is 0 Å². The summed E-state index contributed by atoms with van der Waals surface area (Å²) < 4.78 is 9.48. The third-order valence-electron chi connectivity index (χ3n) is 2.08. The molecule has 0 radical (unpaired) electrons. The predicted octanol–water partition coefficient (Wildman–Crippen LogP) is -0.301. The van der Waals surface area contributed by atoms with Gasteiger partial charge in [0.25, 0.3) is 0 Å². The van der Waals surface area contributed by atoms with Crippen LogP contribution in [0.2, 0.25) is 0 Å². The summed E-state index contributed by atoms with van der Waals surface area (Å²) in [7, 11) is 2.76. The van der Waals surface area contributed by atoms with Crippen molar-refractivity contribution in [3.05, 3.63) is 0 Å². The molecule has 11 heavy (non-hydrogen) atoms. The number of aliphatic hydroxyl groups is 1. The first-order valence-electron chi connectivity index (χ1n) is 3.46. The van der Waals surface area contributed by atoms with Gasteiger partial charge in [0.15, 0.2) is 5.60 Å². The minimum Gasteiger partial charge on any atom is -0.467 e. The van der Waals surface area contributed by atoms with Crippen LogP contribution in [0.1, 0.15) is 12.8 Å². The Morgan fingerprint density at radius 2 is 2.09 bits per heavy atom. The largest absolute Gasteiger partial charge is 0.467 e. The number of hydrogen-bond acceptors (Lipinski definition) is 4. The van der Waals surface area contributed by atoms with Gasteiger partial charge in [0.05, 0.1) is 13.2 Å². The molecule has 0 bridgehead atoms. The fourth-order valence-corrected chi connectivity index (χ4v) is 1.30. The lowest BCUT2D eigenvalue weighted by Gasteiger charge is -2.40. The van der Waals surface area contributed by atoms with Gasteiger partial charge in [0.1, 0.15) is 0 Å². The zero-order valence-corrected chi connectivity index (χ0v) is 6.66. The molecule has 4 nitrogen and oxygen atoms in total. The highest BCUT2D eigenvalue weighted by molar-refractivity contribution is 5.80. The van der Waals surface area contributed by atoms with Crippen molar-refractivity contribution in [1.82, 2.24) is 0 Å². The molecular formula is C7H12O4. The van der Waals surface area contributed by atoms with Crippen molar-refractivity contribution < 1.29 is 19.4 Å². The molecule has 0 aromatic carbocycles. The fraction of sp³-hybridized carbons (Fsp3) is 0.857. The maximum atomic E-state index is 11.0. The molecule has 0 aromatic heterocycles. The topological polar surface area (TPSA) is 55.8 Å². The molecule has 0 heterocycles. The van der Waals surface area contributed by atoms with E-state index in [2.05, 4.69) is 4.74 Å². The van der Waals surface area contributed by atoms with Gasteiger partial charge in [-0.3, -0.25) is 0 Å². The zero-order valence-electron chi connectivity index (χ0n) is 6.66. The van der Waals surface area contributed by atoms with Crippen LogP contribution in [0.15, 0.2) is 0 Å². The lowest BCUT2D eigenvalue weighted by Crippen LogP contribution is -2.55. The van der Waals surface area contributed by atoms with Gasteiger partial charge in [0, 0.05) is 20.0 Å². The van der Waals surface area contributed by atoms with Crippen LogP contribution >= 0.6 is 0 Å². The normalized spacial score (nSPS) is 36.1. The number of hydrogen-bond donors (Lipinski definition) is 1. The smallest absolute Gasteiger partial charge is 0.338 e. The Labute approximate surface area is 65.1 Å². The number of ether oxygens (including phenoxy) is 2. The van der Waals surface area contributed by atoms with Crippen molar-refractivity contribution in [1.29, 1.82) is 0 Å². The number of rotatable bonds is 2. The van der Waals surface area contributed by atoms with Gasteiger partial charge >= 0.3 is 5.97 Å². The molecule has 0 aliphatic heterocycles. The van der Waals surface area contributed by atoms with Gasteiger partial charge in [0.2, 0.25) is 0 Å². The third-order valence-corrected chi connectivity index (χ3v) is 2.08. The van der Waals surface area contributed by atoms with Gasteiger partial charge in [-0.05, 0) is 0 Å². The van der Waals surface area contributed by atoms with E-state index in [0.29, 0.717) is 12.8 Å². The van der Waals surface area contributed by atoms with E-state index in [1.165, 1.54) is 14.2 Å². The summed E-state index contributed by atoms with van der Waals surface area (Å²) in [5.41, 5.74) is -0.867. The number of aliphatic hydroxyl groups excluding tert-OH is 1. The molecule has 1 aliphatic carbocycles. The molecule has 1 saturated carbocycles. The maximum Gasteiger partial charge on any atom is 0.338 e. The van der Waals surface area contributed by atoms with E-state index in [1.807, 2.05) is 0 Å². The van der Waals surface area contributed by atoms with Crippen LogP contribution in [0, 0.1) is 0 Å². The molecule has 0 unspecified atom stereocenters. The molecule has 1 N–H and O–H groups in total. The lowest BCUT2D eigenvalue weighted by molar-refractivity contribution is -0.192. The van der Waals surface area contributed by atoms with Gasteiger partial charge in [-0.15, -0.1) is 0 Å². The Kier molecular flexibility index (Phi) is 2.15. The van der Waals surface area contributed by atoms with Crippen molar-refractivity contribution in [2.75, 3.05) is 14.2 Å². The van der Waals surface area contributed by atoms with Gasteiger partial charge in [-0.2, -0.15) is 0 Å². The second-order valence-electron chi connectivity index (χ2n) is 2.75. The molecule has 4 heteroatoms. The second kappa shape index (κ2) is 2.79. The standard InChI is InChI=1S/C7H12O4/c1-10-6(9)7(11-2)3-5(8)4-7/h5,8H,3-4H2,1-2H3. The molecule has 1 rings (SSSR count). The molecule has 0 saturated heterocycles. The maximum absolute atomic E-state index is 11.0. The molecule has 0 aromatic rings. The Bertz CT molecular complexity index is 160. The van der Waals surface area contributed by atoms with E-state index in [4.69, 9.17) is 9.84 Å². The third kappa shape index (κ3) is 1.23. The molecule has 0 atom stereocenters. The van der Waals surface area contributed by atoms with Crippen LogP contribution < -0.4 is 0 Å². The molecule has 64 valence electrons. The van der Waals surface area contributed by atoms with Crippen LogP contribution in [0.25, 0.3) is 0 Å². The average molecular weight is 160 g/mol. The first-order chi connectivity index (χ1) is 5.14. The highest BCUT2D eigenvalue weighted by atomic mass is 16.6. The number of methoxy groups -OCH3 is 2. The van der Waals surface area contributed by atoms with E-state index in [0.717, 1.165) is 0 Å². The summed E-state index contributed by atoms with van der Waals surface area (Å²) in [6, 6.07) is 0. The van der Waals surface area contributed by atoms with Crippen molar-refractivity contribution >= 4 is 5.97 Å². The van der Waals surface area contributed by atoms with E-state index >= 15 is 0 Å². The fourth-order valence-electron chi connectivity index (χ4n) is 1.30. The lowest BCUT2D eigenvalue weighted by atomic mass is 9.77. The summed E-state index contributed by atoms with van der Waals surface area (Å²) >= 11 is 0. The van der Waals surface area contributed by atoms with E-state index in [9.17, 15) is 4.79 Å². The summed E-state index contributed by atoms with van der Waals surface area (Å²) in [5, 5.41) is 8.97. The van der Waals surface area contributed by atoms with Crippen LogP contribution in [-0.2, 0) is 14.3 Å². The Morgan fingerprint density at radius 3 is 2.36 bits per heavy atom. The summed E-state index contributed by atoms with van der Waals surface area (Å²) in [5.74, 6) is -0.398. The summed E-state index contributed by atoms with van der Waals surface area (Å²) in [4.78, 5) is 11.0. The Balaban J connectivity index is 2.57. The van der Waals surface area contributed by atoms with Crippen molar-refractivity contribution in [2.24, 2.45) is 0 Å². The quantitative estimate of drug-likeness (QED) is 0.563. The molecule has 1 fully saturated rings. The SMILES string of the molecule is COC(=O)C1(OC)CC(O)C1. The predicted molar refractivity (Wildman–Crippen MR) is 37.0 cm³/mol. The minimum absolute atomic E-state index is 0.343. The number of carbonyl (C=O) groups excluding carboxylic acids is 1. The molecule has 1 aliphatic rings. The number of carbonyl (C=O) groups is 1. The first kappa shape index (κ1) is 8.49. The zero-order chi connectivity index (χ0) is 8.48. The Morgan fingerprint density at radius 1 is 1.55 bits per heavy atom. The van der Waals surface area contributed by atoms with E-state index < -0.39 is 17.7 Å². The van der Waals surface area contributed by atoms with Gasteiger partial charge in [-0.25, -0.2) is 4.79 Å². The first-order valence-corrected chi connectivity index (χ1v) is 3.46. The van der Waals surface area contributed by atoms with Crippen LogP contribution in [-0.4, -0.2) is 37.0 Å². The second-order valence-corrected chi connectivity index (χ2v) is 2.75. The minimum atomic E-state index is -0.867. The van der Waals surface area contributed by atoms with E-state index in [1.54, 1.807) is 0 Å².